The topological polar surface area (TPSA) is 17.1 Å². The Morgan fingerprint density at radius 1 is 0.889 bits per heavy atom. The highest BCUT2D eigenvalue weighted by Crippen LogP contribution is 2.45. The Balaban J connectivity index is 2.39. The second-order valence-electron chi connectivity index (χ2n) is 4.84. The lowest BCUT2D eigenvalue weighted by molar-refractivity contribution is 0.112. The first-order chi connectivity index (χ1) is 8.72. The van der Waals surface area contributed by atoms with E-state index in [9.17, 15) is 4.79 Å². The molecule has 0 heterocycles. The van der Waals surface area contributed by atoms with E-state index in [1.54, 1.807) is 0 Å². The lowest BCUT2D eigenvalue weighted by Crippen LogP contribution is -1.87. The van der Waals surface area contributed by atoms with Crippen LogP contribution in [0.4, 0.5) is 0 Å². The normalized spacial score (nSPS) is 12.0. The highest BCUT2D eigenvalue weighted by molar-refractivity contribution is 6.03. The average molecular weight is 234 g/mol. The molecule has 88 valence electrons. The van der Waals surface area contributed by atoms with Crippen molar-refractivity contribution in [2.24, 2.45) is 0 Å². The minimum Gasteiger partial charge on any atom is -0.298 e. The molecule has 1 aliphatic carbocycles. The first-order valence-electron chi connectivity index (χ1n) is 6.09. The van der Waals surface area contributed by atoms with E-state index in [1.165, 1.54) is 33.4 Å². The summed E-state index contributed by atoms with van der Waals surface area (Å²) in [5, 5.41) is 0. The monoisotopic (exact) mass is 234 g/mol. The van der Waals surface area contributed by atoms with Crippen LogP contribution in [0.2, 0.25) is 0 Å². The fourth-order valence-electron chi connectivity index (χ4n) is 2.70. The molecule has 0 unspecified atom stereocenters. The molecular formula is C17H14O. The predicted molar refractivity (Wildman–Crippen MR) is 74.6 cm³/mol. The SMILES string of the molecule is CC(C)=C1c2ccccc2-c2ccc(C=O)cc21. The number of carbonyl (C=O) groups excluding carboxylic acids is 1. The van der Waals surface area contributed by atoms with Gasteiger partial charge in [0.1, 0.15) is 6.29 Å². The first kappa shape index (κ1) is 11.0. The third kappa shape index (κ3) is 1.44. The van der Waals surface area contributed by atoms with Gasteiger partial charge in [0.2, 0.25) is 0 Å². The van der Waals surface area contributed by atoms with Gasteiger partial charge in [-0.05, 0) is 47.7 Å². The zero-order chi connectivity index (χ0) is 12.7. The smallest absolute Gasteiger partial charge is 0.150 e. The molecule has 0 saturated carbocycles. The molecule has 1 nitrogen and oxygen atoms in total. The van der Waals surface area contributed by atoms with Gasteiger partial charge < -0.3 is 0 Å². The summed E-state index contributed by atoms with van der Waals surface area (Å²) in [5.74, 6) is 0. The van der Waals surface area contributed by atoms with Crippen molar-refractivity contribution < 1.29 is 4.79 Å². The third-order valence-corrected chi connectivity index (χ3v) is 3.44. The molecule has 0 aromatic heterocycles. The summed E-state index contributed by atoms with van der Waals surface area (Å²) >= 11 is 0. The molecule has 2 aromatic carbocycles. The number of aldehydes is 1. The van der Waals surface area contributed by atoms with Gasteiger partial charge >= 0.3 is 0 Å². The number of hydrogen-bond acceptors (Lipinski definition) is 1. The van der Waals surface area contributed by atoms with Crippen LogP contribution in [-0.2, 0) is 0 Å². The molecule has 0 spiro atoms. The fraction of sp³-hybridized carbons (Fsp3) is 0.118. The van der Waals surface area contributed by atoms with Gasteiger partial charge in [0.25, 0.3) is 0 Å². The van der Waals surface area contributed by atoms with Crippen molar-refractivity contribution in [1.29, 1.82) is 0 Å². The van der Waals surface area contributed by atoms with Crippen molar-refractivity contribution in [2.75, 3.05) is 0 Å². The van der Waals surface area contributed by atoms with Crippen LogP contribution in [0.15, 0.2) is 48.0 Å². The zero-order valence-electron chi connectivity index (χ0n) is 10.5. The number of fused-ring (bicyclic) bond motifs is 3. The lowest BCUT2D eigenvalue weighted by Gasteiger charge is -2.05. The Labute approximate surface area is 107 Å². The van der Waals surface area contributed by atoms with Crippen molar-refractivity contribution in [3.05, 3.63) is 64.7 Å². The molecule has 2 aromatic rings. The van der Waals surface area contributed by atoms with E-state index >= 15 is 0 Å². The van der Waals surface area contributed by atoms with Crippen LogP contribution in [0.3, 0.4) is 0 Å². The van der Waals surface area contributed by atoms with Crippen LogP contribution in [0.25, 0.3) is 16.7 Å². The Morgan fingerprint density at radius 3 is 2.22 bits per heavy atom. The van der Waals surface area contributed by atoms with E-state index in [1.807, 2.05) is 18.2 Å². The fourth-order valence-corrected chi connectivity index (χ4v) is 2.70. The Kier molecular flexibility index (Phi) is 2.41. The summed E-state index contributed by atoms with van der Waals surface area (Å²) < 4.78 is 0. The molecule has 0 fully saturated rings. The molecule has 0 atom stereocenters. The number of benzene rings is 2. The largest absolute Gasteiger partial charge is 0.298 e. The number of rotatable bonds is 1. The van der Waals surface area contributed by atoms with Crippen molar-refractivity contribution >= 4 is 11.9 Å². The third-order valence-electron chi connectivity index (χ3n) is 3.44. The molecule has 3 rings (SSSR count). The maximum Gasteiger partial charge on any atom is 0.150 e. The average Bonchev–Trinajstić information content (AvgIpc) is 2.72. The van der Waals surface area contributed by atoms with E-state index in [2.05, 4.69) is 38.1 Å². The second-order valence-corrected chi connectivity index (χ2v) is 4.84. The van der Waals surface area contributed by atoms with Gasteiger partial charge in [0.15, 0.2) is 0 Å². The molecular weight excluding hydrogens is 220 g/mol. The maximum absolute atomic E-state index is 10.9. The molecule has 0 radical (unpaired) electrons. The summed E-state index contributed by atoms with van der Waals surface area (Å²) in [4.78, 5) is 10.9. The summed E-state index contributed by atoms with van der Waals surface area (Å²) in [6.45, 7) is 4.24. The Morgan fingerprint density at radius 2 is 1.56 bits per heavy atom. The van der Waals surface area contributed by atoms with E-state index in [-0.39, 0.29) is 0 Å². The van der Waals surface area contributed by atoms with Gasteiger partial charge in [0.05, 0.1) is 0 Å². The number of carbonyl (C=O) groups is 1. The van der Waals surface area contributed by atoms with Crippen molar-refractivity contribution in [1.82, 2.24) is 0 Å². The second kappa shape index (κ2) is 3.95. The van der Waals surface area contributed by atoms with Crippen LogP contribution in [0, 0.1) is 0 Å². The van der Waals surface area contributed by atoms with Crippen LogP contribution in [-0.4, -0.2) is 6.29 Å². The molecule has 0 N–H and O–H groups in total. The standard InChI is InChI=1S/C17H14O/c1-11(2)17-15-6-4-3-5-13(15)14-8-7-12(10-18)9-16(14)17/h3-10H,1-2H3. The Hall–Kier alpha value is -2.15. The summed E-state index contributed by atoms with van der Waals surface area (Å²) in [6, 6.07) is 14.3. The van der Waals surface area contributed by atoms with Gasteiger partial charge in [0, 0.05) is 5.56 Å². The quantitative estimate of drug-likeness (QED) is 0.573. The molecule has 1 heteroatoms. The van der Waals surface area contributed by atoms with Crippen LogP contribution >= 0.6 is 0 Å². The number of allylic oxidation sites excluding steroid dienone is 1. The van der Waals surface area contributed by atoms with Crippen molar-refractivity contribution in [3.8, 4) is 11.1 Å². The first-order valence-corrected chi connectivity index (χ1v) is 6.09. The molecule has 0 amide bonds. The molecule has 0 bridgehead atoms. The van der Waals surface area contributed by atoms with Crippen LogP contribution in [0.5, 0.6) is 0 Å². The maximum atomic E-state index is 10.9. The summed E-state index contributed by atoms with van der Waals surface area (Å²) in [5.41, 5.74) is 8.23. The van der Waals surface area contributed by atoms with Gasteiger partial charge in [-0.3, -0.25) is 4.79 Å². The Bertz CT molecular complexity index is 674. The minimum absolute atomic E-state index is 0.736. The van der Waals surface area contributed by atoms with Gasteiger partial charge in [-0.15, -0.1) is 0 Å². The zero-order valence-corrected chi connectivity index (χ0v) is 10.5. The lowest BCUT2D eigenvalue weighted by atomic mass is 9.98. The molecule has 0 aliphatic heterocycles. The van der Waals surface area contributed by atoms with Crippen molar-refractivity contribution in [3.63, 3.8) is 0 Å². The van der Waals surface area contributed by atoms with E-state index in [0.29, 0.717) is 0 Å². The van der Waals surface area contributed by atoms with Crippen molar-refractivity contribution in [2.45, 2.75) is 13.8 Å². The van der Waals surface area contributed by atoms with Crippen LogP contribution in [0.1, 0.15) is 35.3 Å². The molecule has 0 saturated heterocycles. The van der Waals surface area contributed by atoms with E-state index in [0.717, 1.165) is 11.8 Å². The van der Waals surface area contributed by atoms with Gasteiger partial charge in [-0.25, -0.2) is 0 Å². The molecule has 1 aliphatic rings. The van der Waals surface area contributed by atoms with Crippen LogP contribution < -0.4 is 0 Å². The van der Waals surface area contributed by atoms with Gasteiger partial charge in [-0.1, -0.05) is 42.0 Å². The van der Waals surface area contributed by atoms with E-state index in [4.69, 9.17) is 0 Å². The highest BCUT2D eigenvalue weighted by Gasteiger charge is 2.23. The van der Waals surface area contributed by atoms with E-state index < -0.39 is 0 Å². The minimum atomic E-state index is 0.736. The number of hydrogen-bond donors (Lipinski definition) is 0. The van der Waals surface area contributed by atoms with Gasteiger partial charge in [-0.2, -0.15) is 0 Å². The predicted octanol–water partition coefficient (Wildman–Crippen LogP) is 4.32. The molecule has 18 heavy (non-hydrogen) atoms. The summed E-state index contributed by atoms with van der Waals surface area (Å²) in [6.07, 6.45) is 0.909. The summed E-state index contributed by atoms with van der Waals surface area (Å²) in [7, 11) is 0. The highest BCUT2D eigenvalue weighted by atomic mass is 16.1.